The van der Waals surface area contributed by atoms with E-state index in [9.17, 15) is 13.6 Å². The van der Waals surface area contributed by atoms with Crippen molar-refractivity contribution in [2.45, 2.75) is 20.1 Å². The summed E-state index contributed by atoms with van der Waals surface area (Å²) in [6.07, 6.45) is 0. The van der Waals surface area contributed by atoms with Crippen LogP contribution in [0.3, 0.4) is 0 Å². The maximum Gasteiger partial charge on any atom is 0.387 e. The largest absolute Gasteiger partial charge is 0.493 e. The molecule has 2 N–H and O–H groups in total. The van der Waals surface area contributed by atoms with Gasteiger partial charge in [0.15, 0.2) is 11.5 Å². The zero-order valence-electron chi connectivity index (χ0n) is 15.9. The summed E-state index contributed by atoms with van der Waals surface area (Å²) in [5, 5.41) is 10.1. The molecule has 0 spiro atoms. The third-order valence-corrected chi connectivity index (χ3v) is 4.06. The fourth-order valence-electron chi connectivity index (χ4n) is 2.58. The molecule has 11 heteroatoms. The number of alkyl halides is 2. The van der Waals surface area contributed by atoms with Crippen LogP contribution in [0.1, 0.15) is 12.8 Å². The van der Waals surface area contributed by atoms with Crippen molar-refractivity contribution >= 4 is 28.9 Å². The van der Waals surface area contributed by atoms with Gasteiger partial charge in [-0.3, -0.25) is 4.79 Å². The van der Waals surface area contributed by atoms with Crippen molar-refractivity contribution in [2.24, 2.45) is 0 Å². The van der Waals surface area contributed by atoms with E-state index in [0.717, 1.165) is 0 Å². The minimum Gasteiger partial charge on any atom is -0.493 e. The number of rotatable bonds is 8. The van der Waals surface area contributed by atoms with Crippen LogP contribution in [0.25, 0.3) is 11.4 Å². The van der Waals surface area contributed by atoms with Crippen LogP contribution in [-0.4, -0.2) is 29.8 Å². The first-order valence-electron chi connectivity index (χ1n) is 8.62. The van der Waals surface area contributed by atoms with Gasteiger partial charge >= 0.3 is 6.61 Å². The van der Waals surface area contributed by atoms with E-state index in [4.69, 9.17) is 20.9 Å². The number of amides is 1. The molecule has 1 amide bonds. The van der Waals surface area contributed by atoms with Gasteiger partial charge in [0.2, 0.25) is 17.6 Å². The van der Waals surface area contributed by atoms with E-state index in [1.54, 1.807) is 18.2 Å². The summed E-state index contributed by atoms with van der Waals surface area (Å²) in [7, 11) is 1.33. The minimum atomic E-state index is -2.97. The first kappa shape index (κ1) is 21.3. The topological polar surface area (TPSA) is 98.5 Å². The highest BCUT2D eigenvalue weighted by atomic mass is 35.5. The third kappa shape index (κ3) is 5.35. The average Bonchev–Trinajstić information content (AvgIpc) is 3.16. The van der Waals surface area contributed by atoms with Gasteiger partial charge in [0.05, 0.1) is 25.0 Å². The molecule has 158 valence electrons. The summed E-state index contributed by atoms with van der Waals surface area (Å²) >= 11 is 6.02. The number of halogens is 3. The Morgan fingerprint density at radius 2 is 2.00 bits per heavy atom. The Labute approximate surface area is 175 Å². The molecule has 0 aliphatic carbocycles. The van der Waals surface area contributed by atoms with E-state index in [-0.39, 0.29) is 35.7 Å². The summed E-state index contributed by atoms with van der Waals surface area (Å²) in [5.41, 5.74) is 1.61. The third-order valence-electron chi connectivity index (χ3n) is 3.83. The molecule has 0 fully saturated rings. The first-order chi connectivity index (χ1) is 14.4. The highest BCUT2D eigenvalue weighted by molar-refractivity contribution is 6.31. The van der Waals surface area contributed by atoms with E-state index in [1.165, 1.54) is 32.2 Å². The second-order valence-electron chi connectivity index (χ2n) is 5.98. The summed E-state index contributed by atoms with van der Waals surface area (Å²) in [6.45, 7) is -1.42. The average molecular weight is 439 g/mol. The number of aromatic nitrogens is 2. The molecule has 0 aliphatic heterocycles. The van der Waals surface area contributed by atoms with E-state index in [0.29, 0.717) is 22.0 Å². The van der Waals surface area contributed by atoms with Crippen molar-refractivity contribution < 1.29 is 27.6 Å². The highest BCUT2D eigenvalue weighted by Crippen LogP contribution is 2.32. The lowest BCUT2D eigenvalue weighted by molar-refractivity contribution is -0.114. The predicted molar refractivity (Wildman–Crippen MR) is 106 cm³/mol. The highest BCUT2D eigenvalue weighted by Gasteiger charge is 2.15. The molecule has 0 radical (unpaired) electrons. The molecular weight excluding hydrogens is 422 g/mol. The monoisotopic (exact) mass is 438 g/mol. The Kier molecular flexibility index (Phi) is 6.68. The van der Waals surface area contributed by atoms with E-state index in [1.807, 2.05) is 0 Å². The molecule has 1 aromatic heterocycles. The van der Waals surface area contributed by atoms with Gasteiger partial charge in [0, 0.05) is 17.5 Å². The Morgan fingerprint density at radius 1 is 1.20 bits per heavy atom. The van der Waals surface area contributed by atoms with Crippen LogP contribution in [0.2, 0.25) is 5.02 Å². The van der Waals surface area contributed by atoms with Crippen LogP contribution >= 0.6 is 11.6 Å². The van der Waals surface area contributed by atoms with E-state index >= 15 is 0 Å². The fraction of sp³-hybridized carbons (Fsp3) is 0.211. The normalized spacial score (nSPS) is 10.7. The lowest BCUT2D eigenvalue weighted by Gasteiger charge is -2.11. The van der Waals surface area contributed by atoms with Gasteiger partial charge in [0.1, 0.15) is 0 Å². The van der Waals surface area contributed by atoms with Crippen LogP contribution in [0.15, 0.2) is 40.9 Å². The number of nitrogens with one attached hydrogen (secondary N) is 2. The summed E-state index contributed by atoms with van der Waals surface area (Å²) in [4.78, 5) is 15.6. The van der Waals surface area contributed by atoms with Crippen molar-refractivity contribution in [3.8, 4) is 22.9 Å². The molecule has 0 saturated heterocycles. The Balaban J connectivity index is 1.75. The predicted octanol–water partition coefficient (Wildman–Crippen LogP) is 4.57. The van der Waals surface area contributed by atoms with Gasteiger partial charge in [-0.2, -0.15) is 13.8 Å². The maximum atomic E-state index is 12.5. The number of ether oxygens (including phenoxy) is 2. The molecule has 0 bridgehead atoms. The van der Waals surface area contributed by atoms with Gasteiger partial charge in [0.25, 0.3) is 0 Å². The molecule has 0 atom stereocenters. The van der Waals surface area contributed by atoms with Crippen molar-refractivity contribution in [3.63, 3.8) is 0 Å². The fourth-order valence-corrected chi connectivity index (χ4v) is 2.75. The van der Waals surface area contributed by atoms with E-state index < -0.39 is 6.61 Å². The van der Waals surface area contributed by atoms with Crippen molar-refractivity contribution in [3.05, 3.63) is 47.3 Å². The molecule has 8 nitrogen and oxygen atoms in total. The second-order valence-corrected chi connectivity index (χ2v) is 6.42. The van der Waals surface area contributed by atoms with Crippen molar-refractivity contribution in [1.82, 2.24) is 10.1 Å². The van der Waals surface area contributed by atoms with Gasteiger partial charge in [-0.15, -0.1) is 0 Å². The smallest absolute Gasteiger partial charge is 0.387 e. The molecular formula is C19H17ClF2N4O4. The molecule has 3 aromatic rings. The van der Waals surface area contributed by atoms with Crippen LogP contribution in [-0.2, 0) is 11.3 Å². The second kappa shape index (κ2) is 9.40. The van der Waals surface area contributed by atoms with Gasteiger partial charge in [-0.25, -0.2) is 0 Å². The van der Waals surface area contributed by atoms with Gasteiger partial charge in [-0.1, -0.05) is 16.8 Å². The Hall–Kier alpha value is -3.40. The number of methoxy groups -OCH3 is 1. The molecule has 0 aliphatic rings. The number of carbonyl (C=O) groups excluding carboxylic acids is 1. The SMILES string of the molecule is COc1cc(-c2noc(CNc3cc(Cl)ccc3NC(C)=O)n2)ccc1OC(F)F. The Morgan fingerprint density at radius 3 is 2.70 bits per heavy atom. The quantitative estimate of drug-likeness (QED) is 0.531. The maximum absolute atomic E-state index is 12.5. The van der Waals surface area contributed by atoms with Crippen LogP contribution in [0, 0.1) is 0 Å². The molecule has 0 saturated carbocycles. The van der Waals surface area contributed by atoms with Crippen LogP contribution in [0.4, 0.5) is 20.2 Å². The number of nitrogens with zero attached hydrogens (tertiary/aromatic N) is 2. The molecule has 2 aromatic carbocycles. The first-order valence-corrected chi connectivity index (χ1v) is 9.00. The number of anilines is 2. The van der Waals surface area contributed by atoms with Gasteiger partial charge in [-0.05, 0) is 36.4 Å². The van der Waals surface area contributed by atoms with Crippen LogP contribution < -0.4 is 20.1 Å². The number of benzene rings is 2. The Bertz CT molecular complexity index is 1050. The molecule has 30 heavy (non-hydrogen) atoms. The van der Waals surface area contributed by atoms with Crippen molar-refractivity contribution in [1.29, 1.82) is 0 Å². The number of hydrogen-bond donors (Lipinski definition) is 2. The summed E-state index contributed by atoms with van der Waals surface area (Å²) in [6, 6.07) is 9.27. The minimum absolute atomic E-state index is 0.104. The standard InChI is InChI=1S/C19H17ClF2N4O4/c1-10(27)24-13-5-4-12(20)8-14(13)23-9-17-25-18(26-30-17)11-3-6-15(29-19(21)22)16(7-11)28-2/h3-8,19,23H,9H2,1-2H3,(H,24,27). The zero-order chi connectivity index (χ0) is 21.7. The van der Waals surface area contributed by atoms with Crippen molar-refractivity contribution in [2.75, 3.05) is 17.7 Å². The van der Waals surface area contributed by atoms with Gasteiger partial charge < -0.3 is 24.6 Å². The molecule has 1 heterocycles. The lowest BCUT2D eigenvalue weighted by Crippen LogP contribution is -2.09. The molecule has 3 rings (SSSR count). The zero-order valence-corrected chi connectivity index (χ0v) is 16.7. The lowest BCUT2D eigenvalue weighted by atomic mass is 10.2. The molecule has 0 unspecified atom stereocenters. The summed E-state index contributed by atoms with van der Waals surface area (Å²) in [5.74, 6) is 0.269. The number of carbonyl (C=O) groups is 1. The van der Waals surface area contributed by atoms with E-state index in [2.05, 4.69) is 25.5 Å². The summed E-state index contributed by atoms with van der Waals surface area (Å²) < 4.78 is 39.6. The number of hydrogen-bond acceptors (Lipinski definition) is 7. The van der Waals surface area contributed by atoms with Crippen LogP contribution in [0.5, 0.6) is 11.5 Å².